The van der Waals surface area contributed by atoms with E-state index in [1.165, 1.54) is 4.90 Å². The van der Waals surface area contributed by atoms with Crippen molar-refractivity contribution in [3.8, 4) is 0 Å². The Labute approximate surface area is 74.1 Å². The standard InChI is InChI=1S/C7H12F3NO2/c1-11(2)4-3-7(10,5(8)9)6(12)13/h5H,3-4H2,1-2H3,(H,12,13). The zero-order chi connectivity index (χ0) is 10.6. The third-order valence-electron chi connectivity index (χ3n) is 1.62. The summed E-state index contributed by atoms with van der Waals surface area (Å²) in [6.45, 7) is -0.0346. The lowest BCUT2D eigenvalue weighted by Crippen LogP contribution is -2.43. The van der Waals surface area contributed by atoms with E-state index < -0.39 is 24.5 Å². The Morgan fingerprint density at radius 1 is 1.54 bits per heavy atom. The van der Waals surface area contributed by atoms with E-state index in [4.69, 9.17) is 5.11 Å². The zero-order valence-corrected chi connectivity index (χ0v) is 7.43. The Balaban J connectivity index is 4.34. The van der Waals surface area contributed by atoms with Crippen LogP contribution in [0.2, 0.25) is 0 Å². The van der Waals surface area contributed by atoms with Crippen LogP contribution in [-0.4, -0.2) is 48.7 Å². The fraction of sp³-hybridized carbons (Fsp3) is 0.857. The van der Waals surface area contributed by atoms with Crippen molar-refractivity contribution < 1.29 is 23.1 Å². The van der Waals surface area contributed by atoms with Crippen molar-refractivity contribution >= 4 is 5.97 Å². The van der Waals surface area contributed by atoms with Crippen molar-refractivity contribution in [2.24, 2.45) is 0 Å². The molecule has 1 N–H and O–H groups in total. The summed E-state index contributed by atoms with van der Waals surface area (Å²) in [4.78, 5) is 11.6. The lowest BCUT2D eigenvalue weighted by molar-refractivity contribution is -0.163. The molecule has 0 radical (unpaired) electrons. The summed E-state index contributed by atoms with van der Waals surface area (Å²) < 4.78 is 37.0. The van der Waals surface area contributed by atoms with E-state index in [1.807, 2.05) is 0 Å². The number of carboxylic acid groups (broad SMARTS) is 1. The Morgan fingerprint density at radius 2 is 2.00 bits per heavy atom. The summed E-state index contributed by atoms with van der Waals surface area (Å²) in [5.41, 5.74) is -3.43. The summed E-state index contributed by atoms with van der Waals surface area (Å²) in [6.07, 6.45) is -4.21. The minimum atomic E-state index is -3.50. The maximum absolute atomic E-state index is 13.0. The molecule has 6 heteroatoms. The molecule has 13 heavy (non-hydrogen) atoms. The maximum atomic E-state index is 13.0. The first-order valence-electron chi connectivity index (χ1n) is 3.66. The Bertz CT molecular complexity index is 187. The number of carboxylic acids is 1. The van der Waals surface area contributed by atoms with E-state index in [2.05, 4.69) is 0 Å². The van der Waals surface area contributed by atoms with Crippen LogP contribution in [0.25, 0.3) is 0 Å². The largest absolute Gasteiger partial charge is 0.479 e. The predicted octanol–water partition coefficient (Wildman–Crippen LogP) is 0.996. The van der Waals surface area contributed by atoms with Crippen LogP contribution in [0.5, 0.6) is 0 Å². The SMILES string of the molecule is CN(C)CCC(F)(C(=O)O)C(F)F. The fourth-order valence-corrected chi connectivity index (χ4v) is 0.696. The number of carbonyl (C=O) groups is 1. The van der Waals surface area contributed by atoms with Gasteiger partial charge in [0.25, 0.3) is 12.1 Å². The summed E-state index contributed by atoms with van der Waals surface area (Å²) in [5, 5.41) is 8.24. The Kier molecular flexibility index (Phi) is 4.19. The monoisotopic (exact) mass is 199 g/mol. The molecule has 0 aliphatic rings. The quantitative estimate of drug-likeness (QED) is 0.718. The molecule has 0 saturated carbocycles. The highest BCUT2D eigenvalue weighted by atomic mass is 19.3. The smallest absolute Gasteiger partial charge is 0.347 e. The van der Waals surface area contributed by atoms with Crippen molar-refractivity contribution in [3.05, 3.63) is 0 Å². The van der Waals surface area contributed by atoms with Gasteiger partial charge in [-0.15, -0.1) is 0 Å². The highest BCUT2D eigenvalue weighted by Crippen LogP contribution is 2.25. The molecule has 1 unspecified atom stereocenters. The van der Waals surface area contributed by atoms with Crippen LogP contribution in [0.15, 0.2) is 0 Å². The fourth-order valence-electron chi connectivity index (χ4n) is 0.696. The topological polar surface area (TPSA) is 40.5 Å². The molecule has 0 spiro atoms. The third kappa shape index (κ3) is 3.22. The maximum Gasteiger partial charge on any atom is 0.347 e. The number of nitrogens with zero attached hydrogens (tertiary/aromatic N) is 1. The van der Waals surface area contributed by atoms with Gasteiger partial charge < -0.3 is 10.0 Å². The first-order valence-corrected chi connectivity index (χ1v) is 3.66. The van der Waals surface area contributed by atoms with E-state index in [9.17, 15) is 18.0 Å². The van der Waals surface area contributed by atoms with Gasteiger partial charge in [0, 0.05) is 13.0 Å². The first-order chi connectivity index (χ1) is 5.80. The summed E-state index contributed by atoms with van der Waals surface area (Å²) in [5.74, 6) is -2.11. The zero-order valence-electron chi connectivity index (χ0n) is 7.43. The average molecular weight is 199 g/mol. The number of rotatable bonds is 5. The molecular weight excluding hydrogens is 187 g/mol. The second-order valence-corrected chi connectivity index (χ2v) is 3.02. The van der Waals surface area contributed by atoms with Gasteiger partial charge in [0.2, 0.25) is 0 Å². The summed E-state index contributed by atoms with van der Waals surface area (Å²) in [7, 11) is 3.10. The molecule has 0 aliphatic heterocycles. The second kappa shape index (κ2) is 4.45. The van der Waals surface area contributed by atoms with Crippen molar-refractivity contribution in [3.63, 3.8) is 0 Å². The van der Waals surface area contributed by atoms with Gasteiger partial charge in [-0.3, -0.25) is 0 Å². The van der Waals surface area contributed by atoms with Gasteiger partial charge in [-0.25, -0.2) is 18.0 Å². The molecule has 0 amide bonds. The van der Waals surface area contributed by atoms with Crippen LogP contribution in [0.4, 0.5) is 13.2 Å². The van der Waals surface area contributed by atoms with Gasteiger partial charge in [-0.05, 0) is 14.1 Å². The van der Waals surface area contributed by atoms with Crippen LogP contribution in [0.1, 0.15) is 6.42 Å². The Hall–Kier alpha value is -0.780. The molecule has 78 valence electrons. The second-order valence-electron chi connectivity index (χ2n) is 3.02. The summed E-state index contributed by atoms with van der Waals surface area (Å²) >= 11 is 0. The first kappa shape index (κ1) is 12.2. The van der Waals surface area contributed by atoms with Crippen molar-refractivity contribution in [1.29, 1.82) is 0 Å². The molecule has 0 heterocycles. The molecule has 0 aromatic rings. The molecule has 0 rings (SSSR count). The predicted molar refractivity (Wildman–Crippen MR) is 40.6 cm³/mol. The van der Waals surface area contributed by atoms with Crippen molar-refractivity contribution in [2.75, 3.05) is 20.6 Å². The Morgan fingerprint density at radius 3 is 2.23 bits per heavy atom. The van der Waals surface area contributed by atoms with Crippen molar-refractivity contribution in [2.45, 2.75) is 18.5 Å². The highest BCUT2D eigenvalue weighted by molar-refractivity contribution is 5.77. The van der Waals surface area contributed by atoms with Crippen LogP contribution >= 0.6 is 0 Å². The number of hydrogen-bond acceptors (Lipinski definition) is 2. The molecule has 0 aliphatic carbocycles. The van der Waals surface area contributed by atoms with Crippen LogP contribution in [0.3, 0.4) is 0 Å². The molecule has 0 saturated heterocycles. The third-order valence-corrected chi connectivity index (χ3v) is 1.62. The number of halogens is 3. The average Bonchev–Trinajstić information content (AvgIpc) is 1.99. The van der Waals surface area contributed by atoms with Gasteiger partial charge >= 0.3 is 5.97 Å². The van der Waals surface area contributed by atoms with Gasteiger partial charge in [0.05, 0.1) is 0 Å². The summed E-state index contributed by atoms with van der Waals surface area (Å²) in [6, 6.07) is 0. The van der Waals surface area contributed by atoms with Gasteiger partial charge in [-0.2, -0.15) is 0 Å². The van der Waals surface area contributed by atoms with E-state index in [1.54, 1.807) is 14.1 Å². The van der Waals surface area contributed by atoms with Gasteiger partial charge in [0.15, 0.2) is 0 Å². The lowest BCUT2D eigenvalue weighted by atomic mass is 10.0. The van der Waals surface area contributed by atoms with Crippen LogP contribution < -0.4 is 0 Å². The molecule has 0 aromatic heterocycles. The number of hydrogen-bond donors (Lipinski definition) is 1. The molecule has 3 nitrogen and oxygen atoms in total. The van der Waals surface area contributed by atoms with E-state index in [0.717, 1.165) is 0 Å². The molecule has 0 fully saturated rings. The van der Waals surface area contributed by atoms with Crippen LogP contribution in [-0.2, 0) is 4.79 Å². The van der Waals surface area contributed by atoms with Crippen molar-refractivity contribution in [1.82, 2.24) is 4.90 Å². The lowest BCUT2D eigenvalue weighted by Gasteiger charge is -2.21. The number of alkyl halides is 3. The minimum Gasteiger partial charge on any atom is -0.479 e. The normalized spacial score (nSPS) is 16.2. The van der Waals surface area contributed by atoms with Gasteiger partial charge in [0.1, 0.15) is 0 Å². The molecule has 0 bridgehead atoms. The van der Waals surface area contributed by atoms with Crippen LogP contribution in [0, 0.1) is 0 Å². The number of aliphatic carboxylic acids is 1. The van der Waals surface area contributed by atoms with Gasteiger partial charge in [-0.1, -0.05) is 0 Å². The molecular formula is C7H12F3NO2. The minimum absolute atomic E-state index is 0.0346. The van der Waals surface area contributed by atoms with E-state index in [-0.39, 0.29) is 6.54 Å². The molecule has 1 atom stereocenters. The van der Waals surface area contributed by atoms with E-state index in [0.29, 0.717) is 0 Å². The highest BCUT2D eigenvalue weighted by Gasteiger charge is 2.48. The van der Waals surface area contributed by atoms with E-state index >= 15 is 0 Å². The molecule has 0 aromatic carbocycles.